The standard InChI is InChI=1S/C15H17F3N4O3S/c1-8(21-26(24,25)7-15(16,17)18)3-4-10-5-6-11-20-14(23)12-9(2)19-13(10)22(11)12/h5-6,8,21H,3-4,7H2,1-2H3,(H,20,23). The van der Waals surface area contributed by atoms with Crippen LogP contribution >= 0.6 is 0 Å². The van der Waals surface area contributed by atoms with Crippen LogP contribution in [0.2, 0.25) is 0 Å². The number of imidazole rings is 2. The first-order chi connectivity index (χ1) is 12.0. The number of aromatic amines is 1. The zero-order chi connectivity index (χ0) is 19.3. The van der Waals surface area contributed by atoms with Crippen molar-refractivity contribution < 1.29 is 21.6 Å². The van der Waals surface area contributed by atoms with Crippen molar-refractivity contribution in [2.24, 2.45) is 0 Å². The second kappa shape index (κ2) is 6.23. The molecule has 3 aromatic heterocycles. The third kappa shape index (κ3) is 3.68. The van der Waals surface area contributed by atoms with E-state index in [4.69, 9.17) is 0 Å². The van der Waals surface area contributed by atoms with E-state index < -0.39 is 28.0 Å². The lowest BCUT2D eigenvalue weighted by atomic mass is 10.1. The number of nitrogens with zero attached hydrogens (tertiary/aromatic N) is 2. The number of halogens is 3. The molecule has 0 spiro atoms. The Balaban J connectivity index is 1.76. The van der Waals surface area contributed by atoms with Gasteiger partial charge in [-0.05, 0) is 38.3 Å². The summed E-state index contributed by atoms with van der Waals surface area (Å²) in [5.74, 6) is -1.90. The quantitative estimate of drug-likeness (QED) is 0.670. The minimum absolute atomic E-state index is 0.240. The van der Waals surface area contributed by atoms with Crippen LogP contribution in [0.1, 0.15) is 24.6 Å². The molecule has 0 aromatic carbocycles. The number of H-pyrrole nitrogens is 1. The molecule has 0 amide bonds. The highest BCUT2D eigenvalue weighted by molar-refractivity contribution is 7.89. The number of aryl methyl sites for hydroxylation is 2. The molecule has 0 saturated heterocycles. The van der Waals surface area contributed by atoms with Gasteiger partial charge in [-0.2, -0.15) is 13.2 Å². The van der Waals surface area contributed by atoms with Crippen LogP contribution in [-0.4, -0.2) is 40.8 Å². The molecular weight excluding hydrogens is 373 g/mol. The molecule has 3 heterocycles. The van der Waals surface area contributed by atoms with Gasteiger partial charge in [0.05, 0.1) is 5.69 Å². The molecule has 0 aliphatic rings. The van der Waals surface area contributed by atoms with E-state index in [0.29, 0.717) is 28.9 Å². The number of alkyl halides is 3. The number of sulfonamides is 1. The van der Waals surface area contributed by atoms with Crippen LogP contribution < -0.4 is 10.3 Å². The van der Waals surface area contributed by atoms with Crippen LogP contribution in [0, 0.1) is 6.92 Å². The van der Waals surface area contributed by atoms with Gasteiger partial charge >= 0.3 is 6.18 Å². The molecule has 0 radical (unpaired) electrons. The number of hydrogen-bond donors (Lipinski definition) is 2. The Morgan fingerprint density at radius 3 is 2.69 bits per heavy atom. The molecule has 0 aliphatic heterocycles. The molecule has 0 saturated carbocycles. The summed E-state index contributed by atoms with van der Waals surface area (Å²) in [6, 6.07) is 2.81. The van der Waals surface area contributed by atoms with Crippen molar-refractivity contribution in [3.63, 3.8) is 0 Å². The molecule has 3 aromatic rings. The summed E-state index contributed by atoms with van der Waals surface area (Å²) >= 11 is 0. The normalized spacial score (nSPS) is 14.5. The number of aromatic nitrogens is 3. The fourth-order valence-electron chi connectivity index (χ4n) is 3.04. The van der Waals surface area contributed by atoms with Gasteiger partial charge < -0.3 is 4.98 Å². The van der Waals surface area contributed by atoms with Gasteiger partial charge in [0.2, 0.25) is 10.0 Å². The number of hydrogen-bond acceptors (Lipinski definition) is 4. The van der Waals surface area contributed by atoms with Gasteiger partial charge in [-0.15, -0.1) is 0 Å². The zero-order valence-corrected chi connectivity index (χ0v) is 14.8. The second-order valence-electron chi connectivity index (χ2n) is 6.33. The van der Waals surface area contributed by atoms with E-state index >= 15 is 0 Å². The van der Waals surface area contributed by atoms with Crippen LogP contribution in [0.3, 0.4) is 0 Å². The van der Waals surface area contributed by atoms with Gasteiger partial charge in [0, 0.05) is 6.04 Å². The van der Waals surface area contributed by atoms with E-state index in [0.717, 1.165) is 5.56 Å². The van der Waals surface area contributed by atoms with Crippen molar-refractivity contribution in [3.8, 4) is 0 Å². The van der Waals surface area contributed by atoms with E-state index in [1.807, 2.05) is 4.72 Å². The fourth-order valence-corrected chi connectivity index (χ4v) is 4.28. The Bertz CT molecular complexity index is 1100. The third-order valence-corrected chi connectivity index (χ3v) is 5.53. The molecule has 1 unspecified atom stereocenters. The SMILES string of the molecule is Cc1nc2c(CCC(C)NS(=O)(=O)CC(F)(F)F)ccc3[nH]c(=O)c1n32. The lowest BCUT2D eigenvalue weighted by Gasteiger charge is -2.15. The van der Waals surface area contributed by atoms with E-state index in [9.17, 15) is 26.4 Å². The lowest BCUT2D eigenvalue weighted by molar-refractivity contribution is -0.106. The fraction of sp³-hybridized carbons (Fsp3) is 0.467. The summed E-state index contributed by atoms with van der Waals surface area (Å²) in [5.41, 5.74) is 2.75. The maximum atomic E-state index is 12.3. The molecular formula is C15H17F3N4O3S. The number of nitrogens with one attached hydrogen (secondary N) is 2. The molecule has 11 heteroatoms. The number of rotatable bonds is 6. The monoisotopic (exact) mass is 390 g/mol. The summed E-state index contributed by atoms with van der Waals surface area (Å²) in [5, 5.41) is 0. The summed E-state index contributed by atoms with van der Waals surface area (Å²) in [4.78, 5) is 19.0. The van der Waals surface area contributed by atoms with Gasteiger partial charge in [0.15, 0.2) is 5.75 Å². The molecule has 0 bridgehead atoms. The first kappa shape index (κ1) is 18.6. The molecule has 2 N–H and O–H groups in total. The predicted octanol–water partition coefficient (Wildman–Crippen LogP) is 1.72. The predicted molar refractivity (Wildman–Crippen MR) is 90.0 cm³/mol. The van der Waals surface area contributed by atoms with Crippen LogP contribution in [0.4, 0.5) is 13.2 Å². The van der Waals surface area contributed by atoms with Crippen LogP contribution in [-0.2, 0) is 16.4 Å². The van der Waals surface area contributed by atoms with Crippen molar-refractivity contribution >= 4 is 26.8 Å². The lowest BCUT2D eigenvalue weighted by Crippen LogP contribution is -2.38. The van der Waals surface area contributed by atoms with Gasteiger partial charge in [-0.1, -0.05) is 6.07 Å². The van der Waals surface area contributed by atoms with Crippen LogP contribution in [0.5, 0.6) is 0 Å². The van der Waals surface area contributed by atoms with Crippen molar-refractivity contribution in [1.82, 2.24) is 19.1 Å². The van der Waals surface area contributed by atoms with Crippen molar-refractivity contribution in [1.29, 1.82) is 0 Å². The maximum absolute atomic E-state index is 12.3. The summed E-state index contributed by atoms with van der Waals surface area (Å²) in [6.45, 7) is 3.22. The van der Waals surface area contributed by atoms with E-state index in [2.05, 4.69) is 9.97 Å². The Labute approximate surface area is 146 Å². The second-order valence-corrected chi connectivity index (χ2v) is 8.09. The topological polar surface area (TPSA) is 96.3 Å². The Morgan fingerprint density at radius 1 is 1.35 bits per heavy atom. The molecule has 7 nitrogen and oxygen atoms in total. The molecule has 0 aliphatic carbocycles. The summed E-state index contributed by atoms with van der Waals surface area (Å²) in [7, 11) is -4.44. The van der Waals surface area contributed by atoms with Crippen molar-refractivity contribution in [2.75, 3.05) is 5.75 Å². The minimum Gasteiger partial charge on any atom is -0.306 e. The van der Waals surface area contributed by atoms with Crippen LogP contribution in [0.25, 0.3) is 16.8 Å². The van der Waals surface area contributed by atoms with Crippen molar-refractivity contribution in [2.45, 2.75) is 38.9 Å². The van der Waals surface area contributed by atoms with E-state index in [1.165, 1.54) is 6.92 Å². The van der Waals surface area contributed by atoms with Gasteiger partial charge in [0.25, 0.3) is 5.56 Å². The highest BCUT2D eigenvalue weighted by atomic mass is 32.2. The van der Waals surface area contributed by atoms with E-state index in [-0.39, 0.29) is 12.0 Å². The van der Waals surface area contributed by atoms with Crippen LogP contribution in [0.15, 0.2) is 16.9 Å². The molecule has 1 atom stereocenters. The highest BCUT2D eigenvalue weighted by Crippen LogP contribution is 2.21. The average Bonchev–Trinajstić information content (AvgIpc) is 2.97. The van der Waals surface area contributed by atoms with Gasteiger partial charge in [0.1, 0.15) is 16.8 Å². The highest BCUT2D eigenvalue weighted by Gasteiger charge is 2.35. The first-order valence-electron chi connectivity index (χ1n) is 7.86. The Morgan fingerprint density at radius 2 is 2.04 bits per heavy atom. The smallest absolute Gasteiger partial charge is 0.306 e. The zero-order valence-electron chi connectivity index (χ0n) is 14.0. The molecule has 142 valence electrons. The number of pyridine rings is 1. The van der Waals surface area contributed by atoms with Crippen molar-refractivity contribution in [3.05, 3.63) is 33.7 Å². The summed E-state index contributed by atoms with van der Waals surface area (Å²) in [6.07, 6.45) is -4.11. The Hall–Kier alpha value is -2.14. The van der Waals surface area contributed by atoms with Gasteiger partial charge in [-0.3, -0.25) is 9.20 Å². The first-order valence-corrected chi connectivity index (χ1v) is 9.51. The maximum Gasteiger partial charge on any atom is 0.404 e. The van der Waals surface area contributed by atoms with Gasteiger partial charge in [-0.25, -0.2) is 18.1 Å². The Kier molecular flexibility index (Phi) is 4.47. The summed E-state index contributed by atoms with van der Waals surface area (Å²) < 4.78 is 63.6. The molecule has 0 fully saturated rings. The van der Waals surface area contributed by atoms with E-state index in [1.54, 1.807) is 23.5 Å². The molecule has 3 rings (SSSR count). The minimum atomic E-state index is -4.79. The largest absolute Gasteiger partial charge is 0.404 e. The molecule has 26 heavy (non-hydrogen) atoms. The average molecular weight is 390 g/mol. The third-order valence-electron chi connectivity index (χ3n) is 4.06.